The second-order valence-electron chi connectivity index (χ2n) is 5.56. The highest BCUT2D eigenvalue weighted by Gasteiger charge is 2.28. The summed E-state index contributed by atoms with van der Waals surface area (Å²) < 4.78 is 28.8. The van der Waals surface area contributed by atoms with Gasteiger partial charge >= 0.3 is 0 Å². The topological polar surface area (TPSA) is 63.7 Å². The van der Waals surface area contributed by atoms with Gasteiger partial charge in [0.2, 0.25) is 0 Å². The summed E-state index contributed by atoms with van der Waals surface area (Å²) in [5.41, 5.74) is 1.56. The van der Waals surface area contributed by atoms with Gasteiger partial charge in [-0.15, -0.1) is 0 Å². The molecular formula is C17H17NO4S. The molecule has 0 bridgehead atoms. The Balaban J connectivity index is 1.99. The van der Waals surface area contributed by atoms with Crippen LogP contribution in [0.4, 0.5) is 5.69 Å². The van der Waals surface area contributed by atoms with E-state index in [1.165, 1.54) is 12.1 Å². The first kappa shape index (κ1) is 15.6. The molecule has 0 aliphatic carbocycles. The number of fused-ring (bicyclic) bond motifs is 1. The van der Waals surface area contributed by atoms with Gasteiger partial charge in [0.15, 0.2) is 15.9 Å². The van der Waals surface area contributed by atoms with Gasteiger partial charge in [-0.3, -0.25) is 4.79 Å². The van der Waals surface area contributed by atoms with Crippen LogP contribution in [0.3, 0.4) is 0 Å². The normalized spacial score (nSPS) is 18.1. The molecule has 0 fully saturated rings. The van der Waals surface area contributed by atoms with E-state index in [1.54, 1.807) is 24.0 Å². The third kappa shape index (κ3) is 3.07. The number of sulfone groups is 1. The summed E-state index contributed by atoms with van der Waals surface area (Å²) in [5, 5.41) is 0. The number of hydrogen-bond donors (Lipinski definition) is 0. The predicted molar refractivity (Wildman–Crippen MR) is 87.3 cm³/mol. The molecule has 3 rings (SSSR count). The van der Waals surface area contributed by atoms with Crippen LogP contribution in [0.15, 0.2) is 53.4 Å². The van der Waals surface area contributed by atoms with E-state index in [0.717, 1.165) is 11.8 Å². The number of rotatable bonds is 2. The van der Waals surface area contributed by atoms with Crippen LogP contribution in [0.1, 0.15) is 12.5 Å². The molecule has 0 saturated heterocycles. The SMILES string of the molecule is C[C@H]1Oc2ccccc2CN(c2ccc(S(C)(=O)=O)cc2)C1=O. The van der Waals surface area contributed by atoms with Gasteiger partial charge in [0.1, 0.15) is 5.75 Å². The Morgan fingerprint density at radius 2 is 1.74 bits per heavy atom. The number of carbonyl (C=O) groups excluding carboxylic acids is 1. The third-order valence-corrected chi connectivity index (χ3v) is 4.92. The number of anilines is 1. The maximum Gasteiger partial charge on any atom is 0.268 e. The molecule has 0 spiro atoms. The van der Waals surface area contributed by atoms with Crippen molar-refractivity contribution in [2.75, 3.05) is 11.2 Å². The average Bonchev–Trinajstić information content (AvgIpc) is 2.64. The molecule has 1 aliphatic heterocycles. The Labute approximate surface area is 135 Å². The van der Waals surface area contributed by atoms with E-state index in [2.05, 4.69) is 0 Å². The van der Waals surface area contributed by atoms with Gasteiger partial charge in [0.25, 0.3) is 5.91 Å². The van der Waals surface area contributed by atoms with E-state index >= 15 is 0 Å². The third-order valence-electron chi connectivity index (χ3n) is 3.80. The lowest BCUT2D eigenvalue weighted by atomic mass is 10.2. The quantitative estimate of drug-likeness (QED) is 0.848. The Hall–Kier alpha value is -2.34. The lowest BCUT2D eigenvalue weighted by molar-refractivity contribution is -0.124. The molecule has 23 heavy (non-hydrogen) atoms. The van der Waals surface area contributed by atoms with Gasteiger partial charge in [-0.05, 0) is 37.3 Å². The second kappa shape index (κ2) is 5.70. The summed E-state index contributed by atoms with van der Waals surface area (Å²) in [6.07, 6.45) is 0.555. The number of nitrogens with zero attached hydrogens (tertiary/aromatic N) is 1. The molecule has 6 heteroatoms. The Morgan fingerprint density at radius 3 is 2.39 bits per heavy atom. The predicted octanol–water partition coefficient (Wildman–Crippen LogP) is 2.40. The summed E-state index contributed by atoms with van der Waals surface area (Å²) >= 11 is 0. The smallest absolute Gasteiger partial charge is 0.268 e. The number of carbonyl (C=O) groups is 1. The molecule has 1 atom stereocenters. The highest BCUT2D eigenvalue weighted by atomic mass is 32.2. The van der Waals surface area contributed by atoms with Crippen molar-refractivity contribution in [1.82, 2.24) is 0 Å². The van der Waals surface area contributed by atoms with Crippen molar-refractivity contribution in [2.45, 2.75) is 24.5 Å². The van der Waals surface area contributed by atoms with Crippen molar-refractivity contribution in [1.29, 1.82) is 0 Å². The van der Waals surface area contributed by atoms with Crippen LogP contribution in [-0.2, 0) is 21.2 Å². The van der Waals surface area contributed by atoms with Crippen molar-refractivity contribution < 1.29 is 17.9 Å². The molecule has 0 radical (unpaired) electrons. The molecule has 1 aliphatic rings. The zero-order valence-corrected chi connectivity index (χ0v) is 13.7. The summed E-state index contributed by atoms with van der Waals surface area (Å²) in [5.74, 6) is 0.539. The molecule has 0 saturated carbocycles. The van der Waals surface area contributed by atoms with Gasteiger partial charge < -0.3 is 9.64 Å². The van der Waals surface area contributed by atoms with Crippen LogP contribution in [0.2, 0.25) is 0 Å². The second-order valence-corrected chi connectivity index (χ2v) is 7.57. The maximum absolute atomic E-state index is 12.6. The van der Waals surface area contributed by atoms with Crippen molar-refractivity contribution in [3.63, 3.8) is 0 Å². The van der Waals surface area contributed by atoms with Gasteiger partial charge in [0, 0.05) is 17.5 Å². The molecule has 0 aromatic heterocycles. The van der Waals surface area contributed by atoms with Crippen molar-refractivity contribution in [3.8, 4) is 5.75 Å². The summed E-state index contributed by atoms with van der Waals surface area (Å²) in [4.78, 5) is 14.4. The highest BCUT2D eigenvalue weighted by molar-refractivity contribution is 7.90. The van der Waals surface area contributed by atoms with E-state index in [-0.39, 0.29) is 10.8 Å². The van der Waals surface area contributed by atoms with Crippen LogP contribution < -0.4 is 9.64 Å². The van der Waals surface area contributed by atoms with Gasteiger partial charge in [-0.2, -0.15) is 0 Å². The van der Waals surface area contributed by atoms with Crippen molar-refractivity contribution >= 4 is 21.4 Å². The molecule has 1 heterocycles. The van der Waals surface area contributed by atoms with Crippen LogP contribution in [0.5, 0.6) is 5.75 Å². The van der Waals surface area contributed by atoms with E-state index < -0.39 is 15.9 Å². The van der Waals surface area contributed by atoms with Crippen LogP contribution in [0, 0.1) is 0 Å². The van der Waals surface area contributed by atoms with E-state index in [0.29, 0.717) is 18.0 Å². The number of ether oxygens (including phenoxy) is 1. The fourth-order valence-electron chi connectivity index (χ4n) is 2.55. The fourth-order valence-corrected chi connectivity index (χ4v) is 3.18. The lowest BCUT2D eigenvalue weighted by Crippen LogP contribution is -2.38. The lowest BCUT2D eigenvalue weighted by Gasteiger charge is -2.22. The van der Waals surface area contributed by atoms with Crippen molar-refractivity contribution in [3.05, 3.63) is 54.1 Å². The van der Waals surface area contributed by atoms with Crippen LogP contribution in [0.25, 0.3) is 0 Å². The first-order valence-electron chi connectivity index (χ1n) is 7.22. The minimum absolute atomic E-state index is 0.159. The summed E-state index contributed by atoms with van der Waals surface area (Å²) in [7, 11) is -3.26. The Morgan fingerprint density at radius 1 is 1.09 bits per heavy atom. The molecular weight excluding hydrogens is 314 g/mol. The molecule has 5 nitrogen and oxygen atoms in total. The highest BCUT2D eigenvalue weighted by Crippen LogP contribution is 2.29. The van der Waals surface area contributed by atoms with Gasteiger partial charge in [-0.1, -0.05) is 18.2 Å². The van der Waals surface area contributed by atoms with Crippen LogP contribution in [-0.4, -0.2) is 26.7 Å². The van der Waals surface area contributed by atoms with Crippen molar-refractivity contribution in [2.24, 2.45) is 0 Å². The zero-order valence-electron chi connectivity index (χ0n) is 12.9. The van der Waals surface area contributed by atoms with E-state index in [1.807, 2.05) is 24.3 Å². The summed E-state index contributed by atoms with van der Waals surface area (Å²) in [6.45, 7) is 2.10. The monoisotopic (exact) mass is 331 g/mol. The number of benzene rings is 2. The zero-order chi connectivity index (χ0) is 16.6. The molecule has 120 valence electrons. The number of amides is 1. The molecule has 2 aromatic carbocycles. The Bertz CT molecular complexity index is 843. The Kier molecular flexibility index (Phi) is 3.85. The maximum atomic E-state index is 12.6. The first-order chi connectivity index (χ1) is 10.9. The molecule has 0 unspecified atom stereocenters. The molecule has 2 aromatic rings. The first-order valence-corrected chi connectivity index (χ1v) is 9.11. The van der Waals surface area contributed by atoms with Crippen LogP contribution >= 0.6 is 0 Å². The largest absolute Gasteiger partial charge is 0.481 e. The van der Waals surface area contributed by atoms with Gasteiger partial charge in [-0.25, -0.2) is 8.42 Å². The minimum atomic E-state index is -3.26. The average molecular weight is 331 g/mol. The standard InChI is InChI=1S/C17H17NO4S/c1-12-17(19)18(11-13-5-3-4-6-16(13)22-12)14-7-9-15(10-8-14)23(2,20)21/h3-10,12H,11H2,1-2H3/t12-/m1/s1. The number of hydrogen-bond acceptors (Lipinski definition) is 4. The minimum Gasteiger partial charge on any atom is -0.481 e. The van der Waals surface area contributed by atoms with Gasteiger partial charge in [0.05, 0.1) is 11.4 Å². The number of para-hydroxylation sites is 1. The molecule has 1 amide bonds. The summed E-state index contributed by atoms with van der Waals surface area (Å²) in [6, 6.07) is 13.8. The van der Waals surface area contributed by atoms with E-state index in [9.17, 15) is 13.2 Å². The molecule has 0 N–H and O–H groups in total. The fraction of sp³-hybridized carbons (Fsp3) is 0.235. The van der Waals surface area contributed by atoms with E-state index in [4.69, 9.17) is 4.74 Å².